The predicted octanol–water partition coefficient (Wildman–Crippen LogP) is 9.33. The molecule has 234 valence electrons. The number of pyridine rings is 1. The molecule has 2 aliphatic heterocycles. The van der Waals surface area contributed by atoms with Crippen molar-refractivity contribution in [2.24, 2.45) is 4.99 Å². The van der Waals surface area contributed by atoms with Crippen molar-refractivity contribution in [3.05, 3.63) is 161 Å². The van der Waals surface area contributed by atoms with Gasteiger partial charge in [-0.3, -0.25) is 4.99 Å². The Morgan fingerprint density at radius 3 is 2.50 bits per heavy atom. The van der Waals surface area contributed by atoms with Crippen molar-refractivity contribution in [2.45, 2.75) is 37.8 Å². The van der Waals surface area contributed by atoms with Crippen molar-refractivity contribution in [3.8, 4) is 5.82 Å². The number of benzene rings is 5. The summed E-state index contributed by atoms with van der Waals surface area (Å²) in [6.07, 6.45) is 2.76. The van der Waals surface area contributed by atoms with Crippen LogP contribution in [0, 0.1) is 12.1 Å². The Kier molecular flexibility index (Phi) is 6.54. The number of nitrogens with zero attached hydrogens (tertiary/aromatic N) is 4. The summed E-state index contributed by atoms with van der Waals surface area (Å²) in [5.41, 5.74) is 10.8. The second-order valence-electron chi connectivity index (χ2n) is 13.2. The molecule has 2 atom stereocenters. The standard InChI is InChI=1S/C42H30N4O.Pt/c1-42(2)32-17-6-8-19-35(32)45(28-14-11-13-27(22-28)41-44-40-29-15-4-3-12-26(29)23-38(40)47-41)37-25-36-31(24-33(37)42)30-16-5-7-18-34(30)46(36)39-20-9-10-21-43-39;/h3-21,24,38,40H,23H2,1-2H3;/q-2;+2/t38-,40+;/m1./s1. The van der Waals surface area contributed by atoms with Crippen LogP contribution in [0.1, 0.15) is 47.7 Å². The van der Waals surface area contributed by atoms with Crippen LogP contribution in [0.4, 0.5) is 17.1 Å². The third-order valence-corrected chi connectivity index (χ3v) is 10.2. The van der Waals surface area contributed by atoms with Gasteiger partial charge in [-0.15, -0.1) is 41.3 Å². The number of hydrogen-bond acceptors (Lipinski definition) is 4. The van der Waals surface area contributed by atoms with E-state index < -0.39 is 0 Å². The van der Waals surface area contributed by atoms with Crippen molar-refractivity contribution in [2.75, 3.05) is 4.90 Å². The molecule has 0 fully saturated rings. The Balaban J connectivity index is 0.00000314. The van der Waals surface area contributed by atoms with Gasteiger partial charge in [0.1, 0.15) is 23.9 Å². The topological polar surface area (TPSA) is 42.7 Å². The number of rotatable bonds is 3. The molecule has 6 heteroatoms. The molecule has 2 aromatic heterocycles. The molecule has 0 saturated heterocycles. The molecule has 5 nitrogen and oxygen atoms in total. The molecule has 7 aromatic rings. The van der Waals surface area contributed by atoms with Gasteiger partial charge in [0, 0.05) is 23.8 Å². The largest absolute Gasteiger partial charge is 2.00 e. The summed E-state index contributed by atoms with van der Waals surface area (Å²) in [7, 11) is 0. The summed E-state index contributed by atoms with van der Waals surface area (Å²) in [5.74, 6) is 1.53. The molecule has 4 heterocycles. The molecule has 0 amide bonds. The summed E-state index contributed by atoms with van der Waals surface area (Å²) < 4.78 is 8.74. The van der Waals surface area contributed by atoms with Gasteiger partial charge >= 0.3 is 21.1 Å². The van der Waals surface area contributed by atoms with E-state index in [0.717, 1.165) is 51.3 Å². The zero-order chi connectivity index (χ0) is 31.3. The number of hydrogen-bond donors (Lipinski definition) is 0. The monoisotopic (exact) mass is 801 g/mol. The van der Waals surface area contributed by atoms with Crippen LogP contribution >= 0.6 is 0 Å². The molecule has 0 spiro atoms. The summed E-state index contributed by atoms with van der Waals surface area (Å²) in [6, 6.07) is 48.2. The van der Waals surface area contributed by atoms with Crippen LogP contribution < -0.4 is 4.90 Å². The quantitative estimate of drug-likeness (QED) is 0.168. The molecule has 48 heavy (non-hydrogen) atoms. The zero-order valence-corrected chi connectivity index (χ0v) is 28.7. The average molecular weight is 802 g/mol. The van der Waals surface area contributed by atoms with Gasteiger partial charge in [0.15, 0.2) is 0 Å². The Morgan fingerprint density at radius 1 is 0.792 bits per heavy atom. The van der Waals surface area contributed by atoms with Gasteiger partial charge in [-0.25, -0.2) is 4.98 Å². The van der Waals surface area contributed by atoms with Crippen LogP contribution in [0.5, 0.6) is 0 Å². The number of ether oxygens (including phenoxy) is 1. The van der Waals surface area contributed by atoms with Gasteiger partial charge < -0.3 is 14.2 Å². The average Bonchev–Trinajstić information content (AvgIpc) is 3.78. The van der Waals surface area contributed by atoms with Crippen molar-refractivity contribution >= 4 is 44.8 Å². The molecular formula is C42H30N4OPt. The Labute approximate surface area is 293 Å². The maximum absolute atomic E-state index is 6.51. The fourth-order valence-electron chi connectivity index (χ4n) is 7.96. The minimum absolute atomic E-state index is 0. The first kappa shape index (κ1) is 29.2. The van der Waals surface area contributed by atoms with E-state index in [1.54, 1.807) is 0 Å². The van der Waals surface area contributed by atoms with E-state index in [-0.39, 0.29) is 38.6 Å². The molecule has 0 N–H and O–H groups in total. The molecule has 3 aliphatic rings. The fourth-order valence-corrected chi connectivity index (χ4v) is 7.96. The zero-order valence-electron chi connectivity index (χ0n) is 26.4. The van der Waals surface area contributed by atoms with Crippen LogP contribution in [0.25, 0.3) is 27.6 Å². The van der Waals surface area contributed by atoms with E-state index in [1.165, 1.54) is 27.6 Å². The number of anilines is 3. The Morgan fingerprint density at radius 2 is 1.60 bits per heavy atom. The predicted molar refractivity (Wildman–Crippen MR) is 187 cm³/mol. The van der Waals surface area contributed by atoms with Gasteiger partial charge in [0.05, 0.1) is 0 Å². The van der Waals surface area contributed by atoms with Crippen molar-refractivity contribution in [1.29, 1.82) is 0 Å². The van der Waals surface area contributed by atoms with Crippen molar-refractivity contribution in [3.63, 3.8) is 0 Å². The van der Waals surface area contributed by atoms with Crippen LogP contribution in [0.15, 0.2) is 126 Å². The van der Waals surface area contributed by atoms with E-state index in [0.29, 0.717) is 5.90 Å². The SMILES string of the molecule is CC1(C)c2cc3c4ccccc4n(-c4ccccn4)c3[c-]c2N(c2[c-]c(C3=N[C@H]4c5ccccc5C[C@H]4O3)ccc2)c2ccccc21.[Pt+2]. The van der Waals surface area contributed by atoms with Crippen LogP contribution in [-0.4, -0.2) is 21.6 Å². The van der Waals surface area contributed by atoms with Gasteiger partial charge in [0.2, 0.25) is 0 Å². The third kappa shape index (κ3) is 4.13. The second-order valence-corrected chi connectivity index (χ2v) is 13.2. The van der Waals surface area contributed by atoms with E-state index in [9.17, 15) is 0 Å². The van der Waals surface area contributed by atoms with Crippen LogP contribution in [-0.2, 0) is 37.6 Å². The Hall–Kier alpha value is -4.99. The summed E-state index contributed by atoms with van der Waals surface area (Å²) >= 11 is 0. The number of aromatic nitrogens is 2. The normalized spacial score (nSPS) is 18.4. The molecular weight excluding hydrogens is 772 g/mol. The second kappa shape index (κ2) is 10.8. The van der Waals surface area contributed by atoms with Crippen LogP contribution in [0.2, 0.25) is 0 Å². The first-order valence-corrected chi connectivity index (χ1v) is 16.2. The van der Waals surface area contributed by atoms with Gasteiger partial charge in [-0.1, -0.05) is 97.3 Å². The van der Waals surface area contributed by atoms with Gasteiger partial charge in [-0.2, -0.15) is 6.07 Å². The minimum Gasteiger partial charge on any atom is -0.514 e. The van der Waals surface area contributed by atoms with Gasteiger partial charge in [-0.05, 0) is 57.4 Å². The van der Waals surface area contributed by atoms with E-state index in [1.807, 2.05) is 18.3 Å². The van der Waals surface area contributed by atoms with Crippen molar-refractivity contribution in [1.82, 2.24) is 9.55 Å². The molecule has 0 radical (unpaired) electrons. The number of fused-ring (bicyclic) bond motifs is 8. The molecule has 0 bridgehead atoms. The van der Waals surface area contributed by atoms with E-state index >= 15 is 0 Å². The first-order chi connectivity index (χ1) is 23.1. The summed E-state index contributed by atoms with van der Waals surface area (Å²) in [4.78, 5) is 12.2. The maximum Gasteiger partial charge on any atom is 2.00 e. The fraction of sp³-hybridized carbons (Fsp3) is 0.143. The summed E-state index contributed by atoms with van der Waals surface area (Å²) in [6.45, 7) is 4.63. The smallest absolute Gasteiger partial charge is 0.514 e. The molecule has 0 saturated carbocycles. The van der Waals surface area contributed by atoms with E-state index in [2.05, 4.69) is 139 Å². The molecule has 0 unspecified atom stereocenters. The number of para-hydroxylation sites is 2. The maximum atomic E-state index is 6.51. The van der Waals surface area contributed by atoms with Gasteiger partial charge in [0.25, 0.3) is 0 Å². The third-order valence-electron chi connectivity index (χ3n) is 10.2. The Bertz CT molecular complexity index is 2430. The van der Waals surface area contributed by atoms with Crippen LogP contribution in [0.3, 0.4) is 0 Å². The summed E-state index contributed by atoms with van der Waals surface area (Å²) in [5, 5.41) is 2.35. The molecule has 10 rings (SSSR count). The minimum atomic E-state index is -0.261. The molecule has 5 aromatic carbocycles. The van der Waals surface area contributed by atoms with Crippen molar-refractivity contribution < 1.29 is 25.8 Å². The molecule has 1 aliphatic carbocycles. The van der Waals surface area contributed by atoms with E-state index in [4.69, 9.17) is 14.7 Å². The number of aliphatic imine (C=N–C) groups is 1. The first-order valence-electron chi connectivity index (χ1n) is 16.2.